The molecule has 1 aliphatic heterocycles. The van der Waals surface area contributed by atoms with Crippen LogP contribution < -0.4 is 15.6 Å². The first-order valence-electron chi connectivity index (χ1n) is 12.8. The maximum absolute atomic E-state index is 11.6. The lowest BCUT2D eigenvalue weighted by atomic mass is 9.98. The number of esters is 2. The van der Waals surface area contributed by atoms with Gasteiger partial charge in [-0.15, -0.1) is 0 Å². The number of nitrogen functional groups attached to an aromatic ring is 1. The number of carbonyl (C=O) groups is 2. The number of benzene rings is 3. The summed E-state index contributed by atoms with van der Waals surface area (Å²) in [5.74, 6) is -0.810. The fourth-order valence-electron chi connectivity index (χ4n) is 5.25. The minimum atomic E-state index is -0.544. The summed E-state index contributed by atoms with van der Waals surface area (Å²) in [6.07, 6.45) is -1.05. The summed E-state index contributed by atoms with van der Waals surface area (Å²) in [6.45, 7) is 5.62. The number of aromatic nitrogens is 1. The quantitative estimate of drug-likeness (QED) is 0.161. The van der Waals surface area contributed by atoms with E-state index in [0.717, 1.165) is 50.9 Å². The minimum absolute atomic E-state index is 0.0208. The van der Waals surface area contributed by atoms with E-state index in [1.165, 1.54) is 13.8 Å². The molecule has 2 heterocycles. The van der Waals surface area contributed by atoms with E-state index in [1.807, 2.05) is 36.4 Å². The fraction of sp³-hybridized carbons (Fsp3) is 0.300. The van der Waals surface area contributed by atoms with Crippen LogP contribution in [-0.4, -0.2) is 37.0 Å². The van der Waals surface area contributed by atoms with Gasteiger partial charge in [-0.05, 0) is 43.3 Å². The van der Waals surface area contributed by atoms with Crippen molar-refractivity contribution in [2.45, 2.75) is 52.2 Å². The highest BCUT2D eigenvalue weighted by Crippen LogP contribution is 2.35. The topological polar surface area (TPSA) is 104 Å². The van der Waals surface area contributed by atoms with Gasteiger partial charge in [0.1, 0.15) is 31.6 Å². The lowest BCUT2D eigenvalue weighted by Gasteiger charge is -2.18. The third-order valence-corrected chi connectivity index (χ3v) is 6.81. The van der Waals surface area contributed by atoms with E-state index in [-0.39, 0.29) is 6.61 Å². The van der Waals surface area contributed by atoms with Crippen LogP contribution in [0, 0.1) is 0 Å². The maximum atomic E-state index is 11.6. The highest BCUT2D eigenvalue weighted by atomic mass is 16.6. The molecule has 8 nitrogen and oxygen atoms in total. The van der Waals surface area contributed by atoms with Crippen LogP contribution >= 0.6 is 0 Å². The smallest absolute Gasteiger partial charge is 0.303 e. The van der Waals surface area contributed by atoms with Crippen LogP contribution in [0.15, 0.2) is 66.7 Å². The Labute approximate surface area is 221 Å². The first kappa shape index (κ1) is 25.5. The highest BCUT2D eigenvalue weighted by molar-refractivity contribution is 6.10. The van der Waals surface area contributed by atoms with Crippen molar-refractivity contribution in [2.24, 2.45) is 0 Å². The molecule has 0 unspecified atom stereocenters. The van der Waals surface area contributed by atoms with Crippen molar-refractivity contribution < 1.29 is 28.4 Å². The van der Waals surface area contributed by atoms with Gasteiger partial charge in [-0.1, -0.05) is 24.3 Å². The zero-order chi connectivity index (χ0) is 26.8. The molecular formula is C30H32N3O5+. The number of anilines is 2. The van der Waals surface area contributed by atoms with Crippen LogP contribution in [0.2, 0.25) is 0 Å². The van der Waals surface area contributed by atoms with Crippen LogP contribution in [0.25, 0.3) is 32.9 Å². The number of ether oxygens (including phenoxy) is 3. The number of nitrogens with zero attached hydrogens (tertiary/aromatic N) is 1. The van der Waals surface area contributed by atoms with E-state index in [9.17, 15) is 9.59 Å². The van der Waals surface area contributed by atoms with Crippen LogP contribution in [0.4, 0.5) is 11.4 Å². The molecule has 1 aliphatic rings. The predicted molar refractivity (Wildman–Crippen MR) is 146 cm³/mol. The van der Waals surface area contributed by atoms with Gasteiger partial charge in [-0.2, -0.15) is 4.57 Å². The number of carbonyl (C=O) groups excluding carboxylic acids is 2. The summed E-state index contributed by atoms with van der Waals surface area (Å²) in [5, 5.41) is 6.77. The van der Waals surface area contributed by atoms with Gasteiger partial charge < -0.3 is 25.3 Å². The molecule has 8 heteroatoms. The Bertz CT molecular complexity index is 1500. The second-order valence-corrected chi connectivity index (χ2v) is 9.49. The molecule has 1 fully saturated rings. The van der Waals surface area contributed by atoms with Crippen LogP contribution in [0.3, 0.4) is 0 Å². The van der Waals surface area contributed by atoms with E-state index in [2.05, 4.69) is 47.1 Å². The van der Waals surface area contributed by atoms with Gasteiger partial charge in [0, 0.05) is 48.7 Å². The van der Waals surface area contributed by atoms with Gasteiger partial charge in [-0.25, -0.2) is 0 Å². The Morgan fingerprint density at radius 3 is 2.47 bits per heavy atom. The maximum Gasteiger partial charge on any atom is 0.303 e. The number of rotatable bonds is 7. The summed E-state index contributed by atoms with van der Waals surface area (Å²) in [7, 11) is 0. The summed E-state index contributed by atoms with van der Waals surface area (Å²) < 4.78 is 19.0. The molecule has 0 bridgehead atoms. The van der Waals surface area contributed by atoms with Crippen molar-refractivity contribution in [3.05, 3.63) is 66.7 Å². The van der Waals surface area contributed by atoms with E-state index < -0.39 is 30.4 Å². The Morgan fingerprint density at radius 2 is 1.76 bits per heavy atom. The van der Waals surface area contributed by atoms with Gasteiger partial charge in [0.25, 0.3) is 0 Å². The average Bonchev–Trinajstić information content (AvgIpc) is 3.26. The molecule has 0 saturated carbocycles. The molecule has 3 atom stereocenters. The molecule has 3 N–H and O–H groups in total. The van der Waals surface area contributed by atoms with Crippen LogP contribution in [0.1, 0.15) is 27.2 Å². The van der Waals surface area contributed by atoms with E-state index in [4.69, 9.17) is 19.9 Å². The average molecular weight is 515 g/mol. The zero-order valence-electron chi connectivity index (χ0n) is 21.8. The van der Waals surface area contributed by atoms with Crippen LogP contribution in [-0.2, 0) is 30.3 Å². The van der Waals surface area contributed by atoms with Gasteiger partial charge >= 0.3 is 11.9 Å². The van der Waals surface area contributed by atoms with Gasteiger partial charge in [-0.3, -0.25) is 9.59 Å². The van der Waals surface area contributed by atoms with Crippen molar-refractivity contribution in [3.63, 3.8) is 0 Å². The standard InChI is InChI=1S/C30H31N3O5/c1-4-33-26-14-21(31)10-12-24(26)23-13-11-22(15-25(23)30(33)20-8-6-5-7-9-20)32-29-16-27(37-19(3)35)28(38-29)17-36-18(2)34/h5-15,27-29,31-32H,4,16-17H2,1-3H3/p+1/t27-,28+,29+/m0/s1. The molecule has 4 aromatic rings. The normalized spacial score (nSPS) is 19.0. The molecule has 0 spiro atoms. The van der Waals surface area contributed by atoms with E-state index in [1.54, 1.807) is 0 Å². The fourth-order valence-corrected chi connectivity index (χ4v) is 5.25. The Balaban J connectivity index is 1.56. The Hall–Kier alpha value is -4.17. The number of aryl methyl sites for hydroxylation is 1. The number of hydrogen-bond donors (Lipinski definition) is 2. The molecule has 1 aromatic heterocycles. The first-order valence-corrected chi connectivity index (χ1v) is 12.8. The number of hydrogen-bond acceptors (Lipinski definition) is 7. The number of nitrogens with two attached hydrogens (primary N) is 1. The highest BCUT2D eigenvalue weighted by Gasteiger charge is 2.38. The Kier molecular flexibility index (Phi) is 7.15. The van der Waals surface area contributed by atoms with Gasteiger partial charge in [0.2, 0.25) is 11.2 Å². The molecule has 196 valence electrons. The van der Waals surface area contributed by atoms with Crippen molar-refractivity contribution in [1.29, 1.82) is 0 Å². The monoisotopic (exact) mass is 514 g/mol. The van der Waals surface area contributed by atoms with Crippen molar-refractivity contribution in [2.75, 3.05) is 17.7 Å². The third kappa shape index (κ3) is 5.13. The summed E-state index contributed by atoms with van der Waals surface area (Å²) in [5.41, 5.74) is 11.1. The molecular weight excluding hydrogens is 482 g/mol. The molecule has 0 amide bonds. The molecule has 38 heavy (non-hydrogen) atoms. The summed E-state index contributed by atoms with van der Waals surface area (Å²) in [6, 6.07) is 22.6. The Morgan fingerprint density at radius 1 is 1.00 bits per heavy atom. The number of nitrogens with one attached hydrogen (secondary N) is 1. The van der Waals surface area contributed by atoms with E-state index >= 15 is 0 Å². The SMILES string of the molecule is CC[n+]1c(-c2ccccc2)c2cc(N[C@H]3C[C@H](OC(C)=O)[C@@H](COC(C)=O)O3)ccc2c2ccc(N)cc21. The van der Waals surface area contributed by atoms with Crippen molar-refractivity contribution in [1.82, 2.24) is 0 Å². The lowest BCUT2D eigenvalue weighted by molar-refractivity contribution is -0.655. The zero-order valence-corrected chi connectivity index (χ0v) is 21.8. The van der Waals surface area contributed by atoms with Gasteiger partial charge in [0.15, 0.2) is 0 Å². The first-order chi connectivity index (χ1) is 18.3. The van der Waals surface area contributed by atoms with Gasteiger partial charge in [0.05, 0.1) is 10.8 Å². The van der Waals surface area contributed by atoms with Crippen LogP contribution in [0.5, 0.6) is 0 Å². The lowest BCUT2D eigenvalue weighted by Crippen LogP contribution is -2.36. The molecule has 3 aromatic carbocycles. The molecule has 1 saturated heterocycles. The van der Waals surface area contributed by atoms with Crippen molar-refractivity contribution in [3.8, 4) is 11.3 Å². The second kappa shape index (κ2) is 10.7. The van der Waals surface area contributed by atoms with E-state index in [0.29, 0.717) is 6.42 Å². The molecule has 0 radical (unpaired) electrons. The summed E-state index contributed by atoms with van der Waals surface area (Å²) in [4.78, 5) is 23.0. The number of pyridine rings is 1. The number of fused-ring (bicyclic) bond motifs is 3. The largest absolute Gasteiger partial charge is 0.463 e. The molecule has 0 aliphatic carbocycles. The van der Waals surface area contributed by atoms with Crippen molar-refractivity contribution >= 4 is 45.0 Å². The second-order valence-electron chi connectivity index (χ2n) is 9.49. The molecule has 5 rings (SSSR count). The predicted octanol–water partition coefficient (Wildman–Crippen LogP) is 4.57. The third-order valence-electron chi connectivity index (χ3n) is 6.81. The summed E-state index contributed by atoms with van der Waals surface area (Å²) >= 11 is 0. The minimum Gasteiger partial charge on any atom is -0.463 e.